The van der Waals surface area contributed by atoms with E-state index in [4.69, 9.17) is 15.2 Å². The van der Waals surface area contributed by atoms with Gasteiger partial charge in [-0.05, 0) is 12.1 Å². The number of nitrogens with zero attached hydrogens (tertiary/aromatic N) is 3. The maximum atomic E-state index is 6.18. The van der Waals surface area contributed by atoms with Crippen molar-refractivity contribution in [2.45, 2.75) is 0 Å². The molecule has 1 aliphatic heterocycles. The average molecular weight is 280 g/mol. The Kier molecular flexibility index (Phi) is 2.53. The van der Waals surface area contributed by atoms with Gasteiger partial charge in [-0.1, -0.05) is 35.5 Å². The van der Waals surface area contributed by atoms with E-state index in [0.717, 1.165) is 17.0 Å². The molecule has 2 heterocycles. The quantitative estimate of drug-likeness (QED) is 0.779. The summed E-state index contributed by atoms with van der Waals surface area (Å²) < 4.78 is 12.3. The molecule has 0 saturated heterocycles. The molecule has 6 heteroatoms. The molecule has 0 amide bonds. The second-order valence-corrected chi connectivity index (χ2v) is 4.64. The third-order valence-corrected chi connectivity index (χ3v) is 3.35. The maximum Gasteiger partial charge on any atom is 0.231 e. The highest BCUT2D eigenvalue weighted by atomic mass is 16.7. The molecule has 6 nitrogen and oxygen atoms in total. The maximum absolute atomic E-state index is 6.18. The van der Waals surface area contributed by atoms with Crippen LogP contribution in [0, 0.1) is 0 Å². The number of rotatable bonds is 2. The molecular weight excluding hydrogens is 268 g/mol. The van der Waals surface area contributed by atoms with Crippen molar-refractivity contribution < 1.29 is 9.47 Å². The summed E-state index contributed by atoms with van der Waals surface area (Å²) >= 11 is 0. The largest absolute Gasteiger partial charge is 0.454 e. The number of nitrogen functional groups attached to an aromatic ring is 1. The lowest BCUT2D eigenvalue weighted by atomic mass is 10.1. The van der Waals surface area contributed by atoms with Crippen molar-refractivity contribution in [3.05, 3.63) is 48.5 Å². The van der Waals surface area contributed by atoms with Crippen LogP contribution in [-0.2, 0) is 0 Å². The lowest BCUT2D eigenvalue weighted by molar-refractivity contribution is 0.174. The molecule has 4 rings (SSSR count). The molecule has 3 aromatic rings. The fourth-order valence-corrected chi connectivity index (χ4v) is 2.30. The summed E-state index contributed by atoms with van der Waals surface area (Å²) in [7, 11) is 0. The lowest BCUT2D eigenvalue weighted by Gasteiger charge is -2.04. The minimum atomic E-state index is 0.237. The van der Waals surface area contributed by atoms with Crippen LogP contribution in [0.2, 0.25) is 0 Å². The molecule has 0 radical (unpaired) electrons. The Morgan fingerprint density at radius 1 is 1.00 bits per heavy atom. The predicted octanol–water partition coefficient (Wildman–Crippen LogP) is 2.25. The number of hydrogen-bond donors (Lipinski definition) is 1. The second kappa shape index (κ2) is 4.52. The number of nitrogens with two attached hydrogens (primary N) is 1. The molecule has 104 valence electrons. The number of benzene rings is 2. The zero-order chi connectivity index (χ0) is 14.2. The first-order chi connectivity index (χ1) is 10.3. The average Bonchev–Trinajstić information content (AvgIpc) is 3.13. The minimum absolute atomic E-state index is 0.237. The van der Waals surface area contributed by atoms with Gasteiger partial charge in [-0.25, -0.2) is 0 Å². The van der Waals surface area contributed by atoms with Crippen LogP contribution in [0.5, 0.6) is 11.5 Å². The van der Waals surface area contributed by atoms with Gasteiger partial charge in [0.2, 0.25) is 6.79 Å². The van der Waals surface area contributed by atoms with Gasteiger partial charge in [0.05, 0.1) is 5.69 Å². The Labute approximate surface area is 120 Å². The van der Waals surface area contributed by atoms with E-state index in [1.807, 2.05) is 48.5 Å². The Morgan fingerprint density at radius 3 is 2.67 bits per heavy atom. The van der Waals surface area contributed by atoms with Crippen LogP contribution in [-0.4, -0.2) is 21.8 Å². The summed E-state index contributed by atoms with van der Waals surface area (Å²) in [5, 5.41) is 8.30. The number of ether oxygens (including phenoxy) is 2. The number of fused-ring (bicyclic) bond motifs is 1. The molecular formula is C15H12N4O2. The molecule has 0 aliphatic carbocycles. The summed E-state index contributed by atoms with van der Waals surface area (Å²) in [5.41, 5.74) is 8.56. The molecule has 0 bridgehead atoms. The van der Waals surface area contributed by atoms with Crippen LogP contribution in [0.25, 0.3) is 16.9 Å². The van der Waals surface area contributed by atoms with Gasteiger partial charge < -0.3 is 15.2 Å². The summed E-state index contributed by atoms with van der Waals surface area (Å²) in [4.78, 5) is 0. The SMILES string of the molecule is Nc1c(-c2ccccc2)nnn1-c1ccc2c(c1)OCO2. The zero-order valence-electron chi connectivity index (χ0n) is 11.1. The van der Waals surface area contributed by atoms with Gasteiger partial charge in [0.1, 0.15) is 5.69 Å². The predicted molar refractivity (Wildman–Crippen MR) is 77.3 cm³/mol. The molecule has 1 aromatic heterocycles. The van der Waals surface area contributed by atoms with E-state index in [0.29, 0.717) is 17.3 Å². The summed E-state index contributed by atoms with van der Waals surface area (Å²) in [6, 6.07) is 15.3. The number of aromatic nitrogens is 3. The molecule has 0 saturated carbocycles. The zero-order valence-corrected chi connectivity index (χ0v) is 11.1. The number of hydrogen-bond acceptors (Lipinski definition) is 5. The summed E-state index contributed by atoms with van der Waals surface area (Å²) in [6.45, 7) is 0.237. The van der Waals surface area contributed by atoms with Crippen LogP contribution in [0.15, 0.2) is 48.5 Å². The highest BCUT2D eigenvalue weighted by molar-refractivity contribution is 5.71. The fourth-order valence-electron chi connectivity index (χ4n) is 2.30. The molecule has 0 fully saturated rings. The second-order valence-electron chi connectivity index (χ2n) is 4.64. The van der Waals surface area contributed by atoms with Crippen molar-refractivity contribution in [3.63, 3.8) is 0 Å². The Hall–Kier alpha value is -3.02. The fraction of sp³-hybridized carbons (Fsp3) is 0.0667. The van der Waals surface area contributed by atoms with Crippen LogP contribution >= 0.6 is 0 Å². The lowest BCUT2D eigenvalue weighted by Crippen LogP contribution is -2.02. The van der Waals surface area contributed by atoms with Gasteiger partial charge >= 0.3 is 0 Å². The molecule has 0 unspecified atom stereocenters. The summed E-state index contributed by atoms with van der Waals surface area (Å²) in [6.07, 6.45) is 0. The first kappa shape index (κ1) is 11.8. The Bertz CT molecular complexity index is 799. The van der Waals surface area contributed by atoms with Crippen molar-refractivity contribution in [1.29, 1.82) is 0 Å². The highest BCUT2D eigenvalue weighted by Gasteiger charge is 2.17. The smallest absolute Gasteiger partial charge is 0.231 e. The van der Waals surface area contributed by atoms with Gasteiger partial charge in [-0.3, -0.25) is 0 Å². The standard InChI is InChI=1S/C15H12N4O2/c16-15-14(10-4-2-1-3-5-10)17-18-19(15)11-6-7-12-13(8-11)21-9-20-12/h1-8H,9,16H2. The molecule has 0 atom stereocenters. The molecule has 21 heavy (non-hydrogen) atoms. The van der Waals surface area contributed by atoms with E-state index in [1.165, 1.54) is 0 Å². The molecule has 2 aromatic carbocycles. The van der Waals surface area contributed by atoms with Gasteiger partial charge in [0, 0.05) is 11.6 Å². The van der Waals surface area contributed by atoms with E-state index in [2.05, 4.69) is 10.3 Å². The normalized spacial score (nSPS) is 12.6. The first-order valence-electron chi connectivity index (χ1n) is 6.49. The van der Waals surface area contributed by atoms with Crippen LogP contribution in [0.4, 0.5) is 5.82 Å². The molecule has 2 N–H and O–H groups in total. The van der Waals surface area contributed by atoms with Crippen molar-refractivity contribution in [3.8, 4) is 28.4 Å². The third-order valence-electron chi connectivity index (χ3n) is 3.35. The molecule has 0 spiro atoms. The van der Waals surface area contributed by atoms with Gasteiger partial charge in [-0.2, -0.15) is 4.68 Å². The van der Waals surface area contributed by atoms with Crippen LogP contribution in [0.3, 0.4) is 0 Å². The number of anilines is 1. The van der Waals surface area contributed by atoms with Crippen molar-refractivity contribution in [2.75, 3.05) is 12.5 Å². The van der Waals surface area contributed by atoms with E-state index in [1.54, 1.807) is 4.68 Å². The third kappa shape index (κ3) is 1.88. The first-order valence-corrected chi connectivity index (χ1v) is 6.49. The van der Waals surface area contributed by atoms with Crippen LogP contribution < -0.4 is 15.2 Å². The van der Waals surface area contributed by atoms with Crippen LogP contribution in [0.1, 0.15) is 0 Å². The van der Waals surface area contributed by atoms with Crippen molar-refractivity contribution >= 4 is 5.82 Å². The monoisotopic (exact) mass is 280 g/mol. The summed E-state index contributed by atoms with van der Waals surface area (Å²) in [5.74, 6) is 1.89. The Balaban J connectivity index is 1.79. The van der Waals surface area contributed by atoms with Gasteiger partial charge in [0.25, 0.3) is 0 Å². The van der Waals surface area contributed by atoms with Gasteiger partial charge in [-0.15, -0.1) is 5.10 Å². The van der Waals surface area contributed by atoms with Crippen molar-refractivity contribution in [2.24, 2.45) is 0 Å². The minimum Gasteiger partial charge on any atom is -0.454 e. The van der Waals surface area contributed by atoms with Crippen molar-refractivity contribution in [1.82, 2.24) is 15.0 Å². The Morgan fingerprint density at radius 2 is 1.81 bits per heavy atom. The van der Waals surface area contributed by atoms with E-state index in [9.17, 15) is 0 Å². The highest BCUT2D eigenvalue weighted by Crippen LogP contribution is 2.34. The topological polar surface area (TPSA) is 75.2 Å². The van der Waals surface area contributed by atoms with E-state index in [-0.39, 0.29) is 6.79 Å². The van der Waals surface area contributed by atoms with E-state index >= 15 is 0 Å². The molecule has 1 aliphatic rings. The van der Waals surface area contributed by atoms with Gasteiger partial charge in [0.15, 0.2) is 17.3 Å². The van der Waals surface area contributed by atoms with E-state index < -0.39 is 0 Å².